The SMILES string of the molecule is CNCCC(Oc1ccc(C(F)(F)F)cc1)c1ccccc1.COc1ccc(OC[C@H]2CN(C)CC[C@@H]2c2ccccc2)cc1. The van der Waals surface area contributed by atoms with Crippen LogP contribution in [0.4, 0.5) is 13.2 Å². The van der Waals surface area contributed by atoms with Crippen molar-refractivity contribution < 1.29 is 27.4 Å². The van der Waals surface area contributed by atoms with Gasteiger partial charge in [0.15, 0.2) is 0 Å². The second kappa shape index (κ2) is 16.9. The van der Waals surface area contributed by atoms with Crippen LogP contribution >= 0.6 is 0 Å². The maximum Gasteiger partial charge on any atom is 0.416 e. The number of hydrogen-bond donors (Lipinski definition) is 1. The molecule has 0 amide bonds. The van der Waals surface area contributed by atoms with Gasteiger partial charge >= 0.3 is 6.18 Å². The molecule has 4 aromatic rings. The van der Waals surface area contributed by atoms with Crippen LogP contribution in [-0.2, 0) is 6.18 Å². The van der Waals surface area contributed by atoms with Crippen LogP contribution in [-0.4, -0.2) is 52.3 Å². The summed E-state index contributed by atoms with van der Waals surface area (Å²) in [6, 6.07) is 33.1. The predicted molar refractivity (Wildman–Crippen MR) is 173 cm³/mol. The first-order valence-electron chi connectivity index (χ1n) is 15.3. The number of methoxy groups -OCH3 is 1. The van der Waals surface area contributed by atoms with Gasteiger partial charge in [0.2, 0.25) is 0 Å². The summed E-state index contributed by atoms with van der Waals surface area (Å²) in [7, 11) is 5.72. The lowest BCUT2D eigenvalue weighted by molar-refractivity contribution is -0.137. The number of ether oxygens (including phenoxy) is 3. The van der Waals surface area contributed by atoms with Crippen molar-refractivity contribution in [2.45, 2.75) is 31.0 Å². The van der Waals surface area contributed by atoms with Crippen molar-refractivity contribution in [3.63, 3.8) is 0 Å². The molecule has 3 atom stereocenters. The number of piperidine rings is 1. The van der Waals surface area contributed by atoms with Gasteiger partial charge in [0.25, 0.3) is 0 Å². The Morgan fingerprint density at radius 2 is 1.42 bits per heavy atom. The van der Waals surface area contributed by atoms with Crippen molar-refractivity contribution in [3.05, 3.63) is 126 Å². The van der Waals surface area contributed by atoms with E-state index in [2.05, 4.69) is 47.6 Å². The van der Waals surface area contributed by atoms with Gasteiger partial charge in [-0.25, -0.2) is 0 Å². The van der Waals surface area contributed by atoms with Gasteiger partial charge in [-0.2, -0.15) is 13.2 Å². The Bertz CT molecular complexity index is 1380. The first kappa shape index (κ1) is 33.9. The molecule has 240 valence electrons. The molecule has 1 heterocycles. The third-order valence-corrected chi connectivity index (χ3v) is 7.98. The summed E-state index contributed by atoms with van der Waals surface area (Å²) in [6.07, 6.45) is -2.62. The van der Waals surface area contributed by atoms with Gasteiger partial charge in [-0.15, -0.1) is 0 Å². The summed E-state index contributed by atoms with van der Waals surface area (Å²) in [5.41, 5.74) is 1.76. The highest BCUT2D eigenvalue weighted by molar-refractivity contribution is 5.32. The molecule has 0 radical (unpaired) electrons. The minimum Gasteiger partial charge on any atom is -0.497 e. The molecule has 4 aromatic carbocycles. The molecular weight excluding hydrogens is 577 g/mol. The van der Waals surface area contributed by atoms with Crippen LogP contribution in [0.5, 0.6) is 17.2 Å². The van der Waals surface area contributed by atoms with Gasteiger partial charge < -0.3 is 24.4 Å². The van der Waals surface area contributed by atoms with Crippen molar-refractivity contribution in [1.29, 1.82) is 0 Å². The second-order valence-electron chi connectivity index (χ2n) is 11.2. The minimum absolute atomic E-state index is 0.203. The smallest absolute Gasteiger partial charge is 0.416 e. The summed E-state index contributed by atoms with van der Waals surface area (Å²) < 4.78 is 54.8. The minimum atomic E-state index is -4.33. The molecule has 1 aliphatic rings. The molecule has 0 spiro atoms. The summed E-state index contributed by atoms with van der Waals surface area (Å²) in [6.45, 7) is 3.73. The number of nitrogens with one attached hydrogen (secondary N) is 1. The molecule has 1 aliphatic heterocycles. The van der Waals surface area contributed by atoms with E-state index in [4.69, 9.17) is 14.2 Å². The van der Waals surface area contributed by atoms with E-state index >= 15 is 0 Å². The summed E-state index contributed by atoms with van der Waals surface area (Å²) >= 11 is 0. The third kappa shape index (κ3) is 10.5. The average molecular weight is 621 g/mol. The van der Waals surface area contributed by atoms with Crippen molar-refractivity contribution >= 4 is 0 Å². The van der Waals surface area contributed by atoms with E-state index in [9.17, 15) is 13.2 Å². The summed E-state index contributed by atoms with van der Waals surface area (Å²) in [5.74, 6) is 3.28. The first-order chi connectivity index (χ1) is 21.8. The van der Waals surface area contributed by atoms with E-state index in [1.54, 1.807) is 7.11 Å². The Balaban J connectivity index is 0.000000205. The maximum atomic E-state index is 12.6. The largest absolute Gasteiger partial charge is 0.497 e. The van der Waals surface area contributed by atoms with Gasteiger partial charge in [-0.05, 0) is 99.2 Å². The Hall–Kier alpha value is -4.01. The van der Waals surface area contributed by atoms with Gasteiger partial charge in [0.05, 0.1) is 19.3 Å². The molecule has 1 N–H and O–H groups in total. The zero-order valence-electron chi connectivity index (χ0n) is 26.2. The lowest BCUT2D eigenvalue weighted by Gasteiger charge is -2.37. The maximum absolute atomic E-state index is 12.6. The van der Waals surface area contributed by atoms with Crippen LogP contribution in [0.2, 0.25) is 0 Å². The number of rotatable bonds is 11. The lowest BCUT2D eigenvalue weighted by Crippen LogP contribution is -2.39. The van der Waals surface area contributed by atoms with E-state index < -0.39 is 11.7 Å². The molecule has 0 aromatic heterocycles. The highest BCUT2D eigenvalue weighted by atomic mass is 19.4. The molecule has 1 unspecified atom stereocenters. The van der Waals surface area contributed by atoms with Crippen LogP contribution in [0, 0.1) is 5.92 Å². The van der Waals surface area contributed by atoms with Crippen LogP contribution in [0.1, 0.15) is 41.6 Å². The zero-order chi connectivity index (χ0) is 32.1. The van der Waals surface area contributed by atoms with Gasteiger partial charge in [0, 0.05) is 18.9 Å². The summed E-state index contributed by atoms with van der Waals surface area (Å²) in [4.78, 5) is 2.40. The van der Waals surface area contributed by atoms with E-state index in [1.165, 1.54) is 24.1 Å². The van der Waals surface area contributed by atoms with E-state index in [0.717, 1.165) is 61.9 Å². The van der Waals surface area contributed by atoms with E-state index in [0.29, 0.717) is 17.6 Å². The number of halogens is 3. The fraction of sp³-hybridized carbons (Fsp3) is 0.351. The fourth-order valence-corrected chi connectivity index (χ4v) is 5.52. The van der Waals surface area contributed by atoms with Crippen molar-refractivity contribution in [2.75, 3.05) is 47.4 Å². The normalized spacial score (nSPS) is 17.5. The Kier molecular flexibility index (Phi) is 12.7. The molecule has 0 bridgehead atoms. The molecule has 1 fully saturated rings. The quantitative estimate of drug-likeness (QED) is 0.183. The molecule has 45 heavy (non-hydrogen) atoms. The van der Waals surface area contributed by atoms with E-state index in [-0.39, 0.29) is 6.10 Å². The third-order valence-electron chi connectivity index (χ3n) is 7.98. The number of hydrogen-bond acceptors (Lipinski definition) is 5. The van der Waals surface area contributed by atoms with Crippen LogP contribution in [0.3, 0.4) is 0 Å². The molecular formula is C37H43F3N2O3. The fourth-order valence-electron chi connectivity index (χ4n) is 5.52. The van der Waals surface area contributed by atoms with Crippen molar-refractivity contribution in [1.82, 2.24) is 10.2 Å². The highest BCUT2D eigenvalue weighted by Gasteiger charge is 2.30. The van der Waals surface area contributed by atoms with Gasteiger partial charge in [0.1, 0.15) is 23.4 Å². The van der Waals surface area contributed by atoms with Crippen molar-refractivity contribution in [3.8, 4) is 17.2 Å². The highest BCUT2D eigenvalue weighted by Crippen LogP contribution is 2.34. The zero-order valence-corrected chi connectivity index (χ0v) is 26.2. The van der Waals surface area contributed by atoms with Gasteiger partial charge in [-0.3, -0.25) is 0 Å². The molecule has 8 heteroatoms. The number of benzene rings is 4. The average Bonchev–Trinajstić information content (AvgIpc) is 3.07. The topological polar surface area (TPSA) is 43.0 Å². The molecule has 5 rings (SSSR count). The number of likely N-dealkylation sites (tertiary alicyclic amines) is 1. The summed E-state index contributed by atoms with van der Waals surface area (Å²) in [5, 5.41) is 3.05. The van der Waals surface area contributed by atoms with Gasteiger partial charge in [-0.1, -0.05) is 60.7 Å². The van der Waals surface area contributed by atoms with Crippen LogP contribution in [0.25, 0.3) is 0 Å². The van der Waals surface area contributed by atoms with Crippen LogP contribution < -0.4 is 19.5 Å². The number of alkyl halides is 3. The number of nitrogens with zero attached hydrogens (tertiary/aromatic N) is 1. The monoisotopic (exact) mass is 620 g/mol. The second-order valence-corrected chi connectivity index (χ2v) is 11.2. The lowest BCUT2D eigenvalue weighted by atomic mass is 9.81. The Morgan fingerprint density at radius 1 is 0.822 bits per heavy atom. The molecule has 0 aliphatic carbocycles. The predicted octanol–water partition coefficient (Wildman–Crippen LogP) is 8.24. The van der Waals surface area contributed by atoms with Crippen LogP contribution in [0.15, 0.2) is 109 Å². The molecule has 5 nitrogen and oxygen atoms in total. The molecule has 0 saturated carbocycles. The Morgan fingerprint density at radius 3 is 2.02 bits per heavy atom. The first-order valence-corrected chi connectivity index (χ1v) is 15.3. The van der Waals surface area contributed by atoms with Crippen molar-refractivity contribution in [2.24, 2.45) is 5.92 Å². The van der Waals surface area contributed by atoms with E-state index in [1.807, 2.05) is 61.6 Å². The Labute approximate surface area is 264 Å². The standard InChI is InChI=1S/C20H25NO2.C17H18F3NO/c1-21-13-12-20(16-6-4-3-5-7-16)17(14-21)15-23-19-10-8-18(22-2)9-11-19;1-21-12-11-16(13-5-3-2-4-6-13)22-15-9-7-14(8-10-15)17(18,19)20/h3-11,17,20H,12-15H2,1-2H3;2-10,16,21H,11-12H2,1H3/t17-,20-;/m1./s1. The molecule has 1 saturated heterocycles.